The number of hydrogen-bond acceptors (Lipinski definition) is 5. The van der Waals surface area contributed by atoms with Crippen molar-refractivity contribution in [1.29, 1.82) is 0 Å². The van der Waals surface area contributed by atoms with Crippen molar-refractivity contribution >= 4 is 29.2 Å². The summed E-state index contributed by atoms with van der Waals surface area (Å²) in [5, 5.41) is 7.11. The van der Waals surface area contributed by atoms with Gasteiger partial charge in [0.15, 0.2) is 12.4 Å². The summed E-state index contributed by atoms with van der Waals surface area (Å²) in [6, 6.07) is 6.98. The van der Waals surface area contributed by atoms with E-state index in [2.05, 4.69) is 10.4 Å². The summed E-state index contributed by atoms with van der Waals surface area (Å²) in [5.41, 5.74) is 1.14. The van der Waals surface area contributed by atoms with Gasteiger partial charge >= 0.3 is 0 Å². The lowest BCUT2D eigenvalue weighted by atomic mass is 9.93. The minimum atomic E-state index is -0.141. The van der Waals surface area contributed by atoms with Crippen LogP contribution in [0, 0.1) is 5.92 Å². The zero-order valence-corrected chi connectivity index (χ0v) is 17.8. The second-order valence-electron chi connectivity index (χ2n) is 7.97. The van der Waals surface area contributed by atoms with Gasteiger partial charge in [-0.15, -0.1) is 0 Å². The number of nitrogens with zero attached hydrogens (tertiary/aromatic N) is 4. The lowest BCUT2D eigenvalue weighted by Gasteiger charge is -2.32. The summed E-state index contributed by atoms with van der Waals surface area (Å²) in [6.45, 7) is 3.96. The summed E-state index contributed by atoms with van der Waals surface area (Å²) in [4.78, 5) is 40.5. The molecule has 9 heteroatoms. The van der Waals surface area contributed by atoms with Gasteiger partial charge in [-0.25, -0.2) is 0 Å². The van der Waals surface area contributed by atoms with Gasteiger partial charge < -0.3 is 19.9 Å². The molecule has 1 aromatic heterocycles. The quantitative estimate of drug-likeness (QED) is 0.792. The Morgan fingerprint density at radius 3 is 2.71 bits per heavy atom. The number of hydrogen-bond donors (Lipinski definition) is 1. The molecule has 2 aromatic rings. The number of likely N-dealkylation sites (N-methyl/N-ethyl adjacent to an activating group) is 1. The highest BCUT2D eigenvalue weighted by atomic mass is 16.5. The molecular weight excluding hydrogens is 398 g/mol. The fourth-order valence-electron chi connectivity index (χ4n) is 3.99. The number of rotatable bonds is 5. The Balaban J connectivity index is 1.31. The molecule has 4 rings (SSSR count). The van der Waals surface area contributed by atoms with Crippen LogP contribution in [0.1, 0.15) is 36.5 Å². The maximum absolute atomic E-state index is 13.0. The first-order valence-electron chi connectivity index (χ1n) is 10.6. The van der Waals surface area contributed by atoms with Gasteiger partial charge in [0.25, 0.3) is 11.8 Å². The standard InChI is InChI=1S/C22H27N5O4/c1-3-27-11-8-19(24-27)23-20(28)12-15-6-9-26(10-7-15)22(30)16-4-5-18-17(13-16)25(2)21(29)14-31-18/h4-5,8,11,13,15H,3,6-7,9-10,12,14H2,1-2H3,(H,23,24,28). The summed E-state index contributed by atoms with van der Waals surface area (Å²) < 4.78 is 7.19. The maximum Gasteiger partial charge on any atom is 0.264 e. The van der Waals surface area contributed by atoms with E-state index in [0.717, 1.165) is 19.4 Å². The number of likely N-dealkylation sites (tertiary alicyclic amines) is 1. The van der Waals surface area contributed by atoms with Crippen LogP contribution in [0.2, 0.25) is 0 Å². The Kier molecular flexibility index (Phi) is 5.92. The number of aryl methyl sites for hydroxylation is 1. The Morgan fingerprint density at radius 2 is 2.00 bits per heavy atom. The normalized spacial score (nSPS) is 16.6. The summed E-state index contributed by atoms with van der Waals surface area (Å²) in [7, 11) is 1.68. The van der Waals surface area contributed by atoms with Gasteiger partial charge in [0.1, 0.15) is 5.75 Å². The van der Waals surface area contributed by atoms with Crippen molar-refractivity contribution < 1.29 is 19.1 Å². The fourth-order valence-corrected chi connectivity index (χ4v) is 3.99. The number of nitrogens with one attached hydrogen (secondary N) is 1. The monoisotopic (exact) mass is 425 g/mol. The predicted molar refractivity (Wildman–Crippen MR) is 115 cm³/mol. The van der Waals surface area contributed by atoms with Crippen molar-refractivity contribution in [2.45, 2.75) is 32.7 Å². The zero-order chi connectivity index (χ0) is 22.0. The van der Waals surface area contributed by atoms with Gasteiger partial charge in [0.05, 0.1) is 5.69 Å². The molecule has 1 saturated heterocycles. The van der Waals surface area contributed by atoms with Crippen LogP contribution in [0.3, 0.4) is 0 Å². The van der Waals surface area contributed by atoms with Crippen LogP contribution >= 0.6 is 0 Å². The topological polar surface area (TPSA) is 96.8 Å². The molecule has 0 radical (unpaired) electrons. The largest absolute Gasteiger partial charge is 0.482 e. The minimum absolute atomic E-state index is 0.0123. The van der Waals surface area contributed by atoms with Crippen molar-refractivity contribution in [3.8, 4) is 5.75 Å². The molecule has 3 heterocycles. The first-order chi connectivity index (χ1) is 14.9. The number of ether oxygens (including phenoxy) is 1. The van der Waals surface area contributed by atoms with Gasteiger partial charge in [-0.2, -0.15) is 5.10 Å². The van der Waals surface area contributed by atoms with Crippen molar-refractivity contribution in [2.75, 3.05) is 37.0 Å². The first-order valence-corrected chi connectivity index (χ1v) is 10.6. The number of carbonyl (C=O) groups is 3. The van der Waals surface area contributed by atoms with Crippen molar-refractivity contribution in [2.24, 2.45) is 5.92 Å². The minimum Gasteiger partial charge on any atom is -0.482 e. The molecule has 9 nitrogen and oxygen atoms in total. The van der Waals surface area contributed by atoms with E-state index >= 15 is 0 Å². The Hall–Kier alpha value is -3.36. The van der Waals surface area contributed by atoms with Gasteiger partial charge in [-0.1, -0.05) is 0 Å². The third-order valence-electron chi connectivity index (χ3n) is 5.90. The number of fused-ring (bicyclic) bond motifs is 1. The number of amides is 3. The molecular formula is C22H27N5O4. The molecule has 0 atom stereocenters. The lowest BCUT2D eigenvalue weighted by Crippen LogP contribution is -2.39. The molecule has 0 bridgehead atoms. The Labute approximate surface area is 180 Å². The summed E-state index contributed by atoms with van der Waals surface area (Å²) in [6.07, 6.45) is 3.80. The molecule has 0 spiro atoms. The Morgan fingerprint density at radius 1 is 1.23 bits per heavy atom. The van der Waals surface area contributed by atoms with E-state index < -0.39 is 0 Å². The SMILES string of the molecule is CCn1ccc(NC(=O)CC2CCN(C(=O)c3ccc4c(c3)N(C)C(=O)CO4)CC2)n1. The predicted octanol–water partition coefficient (Wildman–Crippen LogP) is 2.14. The maximum atomic E-state index is 13.0. The molecule has 164 valence electrons. The lowest BCUT2D eigenvalue weighted by molar-refractivity contribution is -0.121. The number of aromatic nitrogens is 2. The second kappa shape index (κ2) is 8.79. The highest BCUT2D eigenvalue weighted by molar-refractivity contribution is 6.01. The molecule has 2 aliphatic rings. The zero-order valence-electron chi connectivity index (χ0n) is 17.8. The van der Waals surface area contributed by atoms with Crippen molar-refractivity contribution in [3.05, 3.63) is 36.0 Å². The number of piperidine rings is 1. The first kappa shape index (κ1) is 20.9. The molecule has 1 N–H and O–H groups in total. The van der Waals surface area contributed by atoms with Crippen LogP contribution in [0.25, 0.3) is 0 Å². The summed E-state index contributed by atoms with van der Waals surface area (Å²) >= 11 is 0. The Bertz CT molecular complexity index is 994. The van der Waals surface area contributed by atoms with Crippen LogP contribution in [-0.2, 0) is 16.1 Å². The van der Waals surface area contributed by atoms with Gasteiger partial charge in [0, 0.05) is 50.9 Å². The van der Waals surface area contributed by atoms with E-state index in [0.29, 0.717) is 42.3 Å². The van der Waals surface area contributed by atoms with Crippen LogP contribution in [0.5, 0.6) is 5.75 Å². The van der Waals surface area contributed by atoms with Crippen LogP contribution in [-0.4, -0.2) is 59.1 Å². The molecule has 1 fully saturated rings. The van der Waals surface area contributed by atoms with Crippen LogP contribution in [0.4, 0.5) is 11.5 Å². The van der Waals surface area contributed by atoms with E-state index in [1.807, 2.05) is 18.0 Å². The third kappa shape index (κ3) is 4.55. The number of carbonyl (C=O) groups excluding carboxylic acids is 3. The van der Waals surface area contributed by atoms with E-state index in [1.165, 1.54) is 4.90 Å². The van der Waals surface area contributed by atoms with E-state index in [1.54, 1.807) is 36.0 Å². The number of benzene rings is 1. The van der Waals surface area contributed by atoms with Gasteiger partial charge in [-0.05, 0) is 43.9 Å². The molecule has 1 aromatic carbocycles. The average molecular weight is 425 g/mol. The highest BCUT2D eigenvalue weighted by Gasteiger charge is 2.28. The van der Waals surface area contributed by atoms with Crippen molar-refractivity contribution in [1.82, 2.24) is 14.7 Å². The highest BCUT2D eigenvalue weighted by Crippen LogP contribution is 2.32. The molecule has 0 unspecified atom stereocenters. The van der Waals surface area contributed by atoms with E-state index in [4.69, 9.17) is 4.74 Å². The van der Waals surface area contributed by atoms with E-state index in [-0.39, 0.29) is 30.2 Å². The second-order valence-corrected chi connectivity index (χ2v) is 7.97. The van der Waals surface area contributed by atoms with E-state index in [9.17, 15) is 14.4 Å². The number of anilines is 2. The molecule has 2 aliphatic heterocycles. The molecule has 3 amide bonds. The third-order valence-corrected chi connectivity index (χ3v) is 5.90. The van der Waals surface area contributed by atoms with Crippen LogP contribution < -0.4 is 15.0 Å². The summed E-state index contributed by atoms with van der Waals surface area (Å²) in [5.74, 6) is 1.15. The molecule has 0 saturated carbocycles. The molecule has 31 heavy (non-hydrogen) atoms. The average Bonchev–Trinajstić information content (AvgIpc) is 3.23. The van der Waals surface area contributed by atoms with Gasteiger partial charge in [0.2, 0.25) is 5.91 Å². The smallest absolute Gasteiger partial charge is 0.264 e. The van der Waals surface area contributed by atoms with Gasteiger partial charge in [-0.3, -0.25) is 19.1 Å². The van der Waals surface area contributed by atoms with Crippen molar-refractivity contribution in [3.63, 3.8) is 0 Å². The molecule has 0 aliphatic carbocycles. The fraction of sp³-hybridized carbons (Fsp3) is 0.455. The van der Waals surface area contributed by atoms with Crippen LogP contribution in [0.15, 0.2) is 30.5 Å².